The molecule has 0 spiro atoms. The molecule has 4 aromatic rings. The topological polar surface area (TPSA) is 17.8 Å². The minimum atomic E-state index is 0.590. The number of hydrogen-bond acceptors (Lipinski definition) is 2. The van der Waals surface area contributed by atoms with Crippen LogP contribution in [-0.2, 0) is 6.54 Å². The van der Waals surface area contributed by atoms with Crippen LogP contribution in [0.3, 0.4) is 0 Å². The quantitative estimate of drug-likeness (QED) is 0.431. The highest BCUT2D eigenvalue weighted by Crippen LogP contribution is 2.32. The zero-order chi connectivity index (χ0) is 15.8. The van der Waals surface area contributed by atoms with E-state index in [9.17, 15) is 0 Å². The number of fused-ring (bicyclic) bond motifs is 1. The molecule has 4 rings (SSSR count). The van der Waals surface area contributed by atoms with Crippen LogP contribution in [0.4, 0.5) is 0 Å². The van der Waals surface area contributed by atoms with Crippen molar-refractivity contribution in [3.63, 3.8) is 0 Å². The molecule has 0 amide bonds. The van der Waals surface area contributed by atoms with Crippen LogP contribution >= 0.6 is 34.5 Å². The maximum atomic E-state index is 6.36. The summed E-state index contributed by atoms with van der Waals surface area (Å²) in [6.45, 7) is 0.590. The second-order valence-electron chi connectivity index (χ2n) is 5.19. The zero-order valence-electron chi connectivity index (χ0n) is 12.0. The van der Waals surface area contributed by atoms with E-state index in [0.717, 1.165) is 27.3 Å². The first kappa shape index (κ1) is 14.8. The molecule has 0 aliphatic carbocycles. The van der Waals surface area contributed by atoms with Gasteiger partial charge in [0.25, 0.3) is 0 Å². The van der Waals surface area contributed by atoms with Crippen molar-refractivity contribution in [2.24, 2.45) is 0 Å². The molecule has 23 heavy (non-hydrogen) atoms. The van der Waals surface area contributed by atoms with Gasteiger partial charge in [-0.2, -0.15) is 0 Å². The van der Waals surface area contributed by atoms with Crippen LogP contribution in [0.25, 0.3) is 21.7 Å². The van der Waals surface area contributed by atoms with Gasteiger partial charge in [0.2, 0.25) is 0 Å². The van der Waals surface area contributed by atoms with Crippen molar-refractivity contribution >= 4 is 45.6 Å². The average Bonchev–Trinajstić information content (AvgIpc) is 3.19. The van der Waals surface area contributed by atoms with Gasteiger partial charge in [-0.15, -0.1) is 11.3 Å². The van der Waals surface area contributed by atoms with Gasteiger partial charge in [-0.25, -0.2) is 4.98 Å². The first-order chi connectivity index (χ1) is 11.2. The predicted octanol–water partition coefficient (Wildman–Crippen LogP) is 6.12. The minimum Gasteiger partial charge on any atom is -0.319 e. The maximum absolute atomic E-state index is 6.36. The second kappa shape index (κ2) is 6.00. The van der Waals surface area contributed by atoms with Crippen LogP contribution in [0, 0.1) is 0 Å². The smallest absolute Gasteiger partial charge is 0.151 e. The van der Waals surface area contributed by atoms with Gasteiger partial charge in [0.1, 0.15) is 0 Å². The Bertz CT molecular complexity index is 954. The van der Waals surface area contributed by atoms with Gasteiger partial charge in [-0.3, -0.25) is 0 Å². The van der Waals surface area contributed by atoms with Crippen molar-refractivity contribution in [2.45, 2.75) is 6.54 Å². The lowest BCUT2D eigenvalue weighted by Gasteiger charge is -2.11. The number of nitrogens with zero attached hydrogens (tertiary/aromatic N) is 2. The molecule has 0 atom stereocenters. The van der Waals surface area contributed by atoms with E-state index in [-0.39, 0.29) is 0 Å². The van der Waals surface area contributed by atoms with E-state index >= 15 is 0 Å². The molecule has 114 valence electrons. The fraction of sp³-hybridized carbons (Fsp3) is 0.0556. The van der Waals surface area contributed by atoms with Crippen molar-refractivity contribution in [1.29, 1.82) is 0 Å². The molecule has 2 nitrogen and oxygen atoms in total. The van der Waals surface area contributed by atoms with Crippen molar-refractivity contribution in [1.82, 2.24) is 9.55 Å². The number of imidazole rings is 1. The third-order valence-corrected chi connectivity index (χ3v) is 5.35. The third-order valence-electron chi connectivity index (χ3n) is 3.77. The summed E-state index contributed by atoms with van der Waals surface area (Å²) in [7, 11) is 0. The van der Waals surface area contributed by atoms with E-state index in [0.29, 0.717) is 16.6 Å². The van der Waals surface area contributed by atoms with Crippen molar-refractivity contribution < 1.29 is 0 Å². The van der Waals surface area contributed by atoms with Crippen molar-refractivity contribution in [3.05, 3.63) is 75.6 Å². The highest BCUT2D eigenvalue weighted by Gasteiger charge is 2.15. The molecule has 2 aromatic carbocycles. The van der Waals surface area contributed by atoms with E-state index in [1.807, 2.05) is 42.5 Å². The number of rotatable bonds is 3. The highest BCUT2D eigenvalue weighted by molar-refractivity contribution is 7.13. The van der Waals surface area contributed by atoms with Crippen LogP contribution in [0.5, 0.6) is 0 Å². The normalized spacial score (nSPS) is 11.2. The van der Waals surface area contributed by atoms with Crippen LogP contribution < -0.4 is 0 Å². The van der Waals surface area contributed by atoms with Gasteiger partial charge in [0, 0.05) is 15.6 Å². The predicted molar refractivity (Wildman–Crippen MR) is 98.6 cm³/mol. The summed E-state index contributed by atoms with van der Waals surface area (Å²) >= 11 is 14.4. The molecule has 0 N–H and O–H groups in total. The molecule has 2 heterocycles. The van der Waals surface area contributed by atoms with Gasteiger partial charge >= 0.3 is 0 Å². The lowest BCUT2D eigenvalue weighted by Crippen LogP contribution is -2.03. The van der Waals surface area contributed by atoms with Crippen LogP contribution in [0.2, 0.25) is 10.0 Å². The Hall–Kier alpha value is -1.81. The molecular formula is C18H12Cl2N2S. The SMILES string of the molecule is Clc1cccc(Cl)c1Cn1c(-c2cccs2)nc2ccccc21. The number of benzene rings is 2. The average molecular weight is 359 g/mol. The van der Waals surface area contributed by atoms with Gasteiger partial charge < -0.3 is 4.57 Å². The molecule has 5 heteroatoms. The molecule has 0 saturated heterocycles. The summed E-state index contributed by atoms with van der Waals surface area (Å²) in [5.41, 5.74) is 2.96. The molecule has 2 aromatic heterocycles. The Morgan fingerprint density at radius 3 is 2.43 bits per heavy atom. The lowest BCUT2D eigenvalue weighted by atomic mass is 10.2. The molecule has 0 fully saturated rings. The molecule has 0 aliphatic heterocycles. The maximum Gasteiger partial charge on any atom is 0.151 e. The van der Waals surface area contributed by atoms with Crippen molar-refractivity contribution in [3.8, 4) is 10.7 Å². The van der Waals surface area contributed by atoms with E-state index in [4.69, 9.17) is 28.2 Å². The lowest BCUT2D eigenvalue weighted by molar-refractivity contribution is 0.836. The molecule has 0 saturated carbocycles. The monoisotopic (exact) mass is 358 g/mol. The minimum absolute atomic E-state index is 0.590. The Labute approximate surface area is 147 Å². The van der Waals surface area contributed by atoms with Crippen LogP contribution in [0.15, 0.2) is 60.0 Å². The van der Waals surface area contributed by atoms with Gasteiger partial charge in [0.05, 0.1) is 22.5 Å². The summed E-state index contributed by atoms with van der Waals surface area (Å²) < 4.78 is 2.17. The highest BCUT2D eigenvalue weighted by atomic mass is 35.5. The molecular weight excluding hydrogens is 347 g/mol. The van der Waals surface area contributed by atoms with E-state index in [1.54, 1.807) is 11.3 Å². The van der Waals surface area contributed by atoms with Gasteiger partial charge in [0.15, 0.2) is 5.82 Å². The van der Waals surface area contributed by atoms with Crippen LogP contribution in [0.1, 0.15) is 5.56 Å². The molecule has 0 radical (unpaired) electrons. The van der Waals surface area contributed by atoms with Gasteiger partial charge in [-0.05, 0) is 35.7 Å². The largest absolute Gasteiger partial charge is 0.319 e. The Morgan fingerprint density at radius 1 is 0.913 bits per heavy atom. The Kier molecular flexibility index (Phi) is 3.85. The fourth-order valence-electron chi connectivity index (χ4n) is 2.67. The summed E-state index contributed by atoms with van der Waals surface area (Å²) in [6.07, 6.45) is 0. The molecule has 0 bridgehead atoms. The summed E-state index contributed by atoms with van der Waals surface area (Å²) in [5.74, 6) is 0.942. The summed E-state index contributed by atoms with van der Waals surface area (Å²) in [4.78, 5) is 5.93. The number of thiophene rings is 1. The fourth-order valence-corrected chi connectivity index (χ4v) is 3.91. The van der Waals surface area contributed by atoms with E-state index < -0.39 is 0 Å². The van der Waals surface area contributed by atoms with E-state index in [2.05, 4.69) is 22.1 Å². The first-order valence-corrected chi connectivity index (χ1v) is 8.79. The van der Waals surface area contributed by atoms with Crippen molar-refractivity contribution in [2.75, 3.05) is 0 Å². The number of para-hydroxylation sites is 2. The van der Waals surface area contributed by atoms with Gasteiger partial charge in [-0.1, -0.05) is 47.5 Å². The number of aromatic nitrogens is 2. The third kappa shape index (κ3) is 2.65. The number of halogens is 2. The standard InChI is InChI=1S/C18H12Cl2N2S/c19-13-5-3-6-14(20)12(13)11-22-16-8-2-1-7-15(16)21-18(22)17-9-4-10-23-17/h1-10H,11H2. The summed E-state index contributed by atoms with van der Waals surface area (Å²) in [6, 6.07) is 17.8. The summed E-state index contributed by atoms with van der Waals surface area (Å²) in [5, 5.41) is 3.40. The number of hydrogen-bond donors (Lipinski definition) is 0. The zero-order valence-corrected chi connectivity index (χ0v) is 14.4. The Morgan fingerprint density at radius 2 is 1.70 bits per heavy atom. The molecule has 0 unspecified atom stereocenters. The Balaban J connectivity index is 1.93. The van der Waals surface area contributed by atoms with E-state index in [1.165, 1.54) is 0 Å². The molecule has 0 aliphatic rings. The second-order valence-corrected chi connectivity index (χ2v) is 6.95. The van der Waals surface area contributed by atoms with Crippen LogP contribution in [-0.4, -0.2) is 9.55 Å². The first-order valence-electron chi connectivity index (χ1n) is 7.16.